The molecule has 0 fully saturated rings. The summed E-state index contributed by atoms with van der Waals surface area (Å²) in [4.78, 5) is 25.2. The number of nitrogens with one attached hydrogen (secondary N) is 2. The van der Waals surface area contributed by atoms with Crippen LogP contribution in [0, 0.1) is 11.6 Å². The van der Waals surface area contributed by atoms with E-state index in [0.717, 1.165) is 5.56 Å². The number of fused-ring (bicyclic) bond motifs is 1. The van der Waals surface area contributed by atoms with E-state index in [9.17, 15) is 18.4 Å². The Morgan fingerprint density at radius 2 is 1.81 bits per heavy atom. The third-order valence-corrected chi connectivity index (χ3v) is 5.13. The van der Waals surface area contributed by atoms with Crippen molar-refractivity contribution in [1.29, 1.82) is 0 Å². The Balaban J connectivity index is 1.56. The number of para-hydroxylation sites is 1. The van der Waals surface area contributed by atoms with Crippen molar-refractivity contribution in [1.82, 2.24) is 5.32 Å². The molecule has 3 aromatic rings. The Morgan fingerprint density at radius 1 is 1.06 bits per heavy atom. The molecule has 5 nitrogen and oxygen atoms in total. The zero-order valence-electron chi connectivity index (χ0n) is 16.5. The summed E-state index contributed by atoms with van der Waals surface area (Å²) in [5.74, 6) is -2.45. The van der Waals surface area contributed by atoms with Crippen LogP contribution in [0.5, 0.6) is 5.75 Å². The SMILES string of the molecule is O=C1CC(C(=O)NC(COc2ccccc2F)c2ccccc2)c2ccc(F)cc2N1. The summed E-state index contributed by atoms with van der Waals surface area (Å²) in [6.45, 7) is -0.00806. The summed E-state index contributed by atoms with van der Waals surface area (Å²) in [7, 11) is 0. The molecule has 1 aliphatic rings. The van der Waals surface area contributed by atoms with Crippen molar-refractivity contribution in [2.45, 2.75) is 18.4 Å². The molecule has 0 spiro atoms. The quantitative estimate of drug-likeness (QED) is 0.622. The van der Waals surface area contributed by atoms with Crippen LogP contribution in [0.25, 0.3) is 0 Å². The third-order valence-electron chi connectivity index (χ3n) is 5.13. The van der Waals surface area contributed by atoms with Crippen LogP contribution in [0.3, 0.4) is 0 Å². The summed E-state index contributed by atoms with van der Waals surface area (Å²) >= 11 is 0. The van der Waals surface area contributed by atoms with Gasteiger partial charge in [-0.25, -0.2) is 8.78 Å². The minimum Gasteiger partial charge on any atom is -0.488 e. The number of carbonyl (C=O) groups is 2. The zero-order chi connectivity index (χ0) is 21.8. The monoisotopic (exact) mass is 422 g/mol. The van der Waals surface area contributed by atoms with E-state index >= 15 is 0 Å². The fourth-order valence-corrected chi connectivity index (χ4v) is 3.58. The van der Waals surface area contributed by atoms with Crippen LogP contribution < -0.4 is 15.4 Å². The van der Waals surface area contributed by atoms with Crippen molar-refractivity contribution in [2.75, 3.05) is 11.9 Å². The lowest BCUT2D eigenvalue weighted by Crippen LogP contribution is -2.39. The molecule has 1 heterocycles. The zero-order valence-corrected chi connectivity index (χ0v) is 16.5. The molecule has 0 bridgehead atoms. The van der Waals surface area contributed by atoms with Crippen molar-refractivity contribution in [3.63, 3.8) is 0 Å². The molecule has 158 valence electrons. The average Bonchev–Trinajstić information content (AvgIpc) is 2.77. The summed E-state index contributed by atoms with van der Waals surface area (Å²) in [5, 5.41) is 5.51. The smallest absolute Gasteiger partial charge is 0.228 e. The number of halogens is 2. The molecular weight excluding hydrogens is 402 g/mol. The van der Waals surface area contributed by atoms with Crippen LogP contribution in [-0.2, 0) is 9.59 Å². The van der Waals surface area contributed by atoms with E-state index in [1.165, 1.54) is 30.3 Å². The predicted molar refractivity (Wildman–Crippen MR) is 112 cm³/mol. The number of amides is 2. The van der Waals surface area contributed by atoms with E-state index in [2.05, 4.69) is 10.6 Å². The molecule has 0 aromatic heterocycles. The molecule has 2 amide bonds. The van der Waals surface area contributed by atoms with E-state index in [1.54, 1.807) is 12.1 Å². The second kappa shape index (κ2) is 8.95. The van der Waals surface area contributed by atoms with Gasteiger partial charge in [0.2, 0.25) is 11.8 Å². The molecule has 0 aliphatic carbocycles. The molecule has 31 heavy (non-hydrogen) atoms. The maximum Gasteiger partial charge on any atom is 0.228 e. The number of benzene rings is 3. The number of hydrogen-bond donors (Lipinski definition) is 2. The molecule has 0 saturated heterocycles. The largest absolute Gasteiger partial charge is 0.488 e. The Labute approximate surface area is 178 Å². The first kappa shape index (κ1) is 20.5. The molecule has 2 unspecified atom stereocenters. The predicted octanol–water partition coefficient (Wildman–Crippen LogP) is 4.33. The molecule has 2 N–H and O–H groups in total. The Kier molecular flexibility index (Phi) is 5.93. The van der Waals surface area contributed by atoms with Gasteiger partial charge in [-0.15, -0.1) is 0 Å². The van der Waals surface area contributed by atoms with Crippen molar-refractivity contribution in [2.24, 2.45) is 0 Å². The maximum atomic E-state index is 13.9. The van der Waals surface area contributed by atoms with Gasteiger partial charge in [-0.3, -0.25) is 9.59 Å². The summed E-state index contributed by atoms with van der Waals surface area (Å²) in [5.41, 5.74) is 1.60. The van der Waals surface area contributed by atoms with Crippen molar-refractivity contribution in [3.05, 3.63) is 95.6 Å². The first-order chi connectivity index (χ1) is 15.0. The summed E-state index contributed by atoms with van der Waals surface area (Å²) in [6.07, 6.45) is -0.0554. The summed E-state index contributed by atoms with van der Waals surface area (Å²) < 4.78 is 33.2. The highest BCUT2D eigenvalue weighted by Gasteiger charge is 2.32. The average molecular weight is 422 g/mol. The maximum absolute atomic E-state index is 13.9. The highest BCUT2D eigenvalue weighted by atomic mass is 19.1. The van der Waals surface area contributed by atoms with E-state index < -0.39 is 29.5 Å². The molecule has 1 aliphatic heterocycles. The van der Waals surface area contributed by atoms with Gasteiger partial charge in [0, 0.05) is 12.1 Å². The minimum absolute atomic E-state index is 0.00806. The Bertz CT molecular complexity index is 1100. The first-order valence-corrected chi connectivity index (χ1v) is 9.83. The van der Waals surface area contributed by atoms with Crippen molar-refractivity contribution in [3.8, 4) is 5.75 Å². The normalized spacial score (nSPS) is 16.1. The molecule has 4 rings (SSSR count). The van der Waals surface area contributed by atoms with E-state index in [0.29, 0.717) is 5.56 Å². The van der Waals surface area contributed by atoms with Crippen LogP contribution >= 0.6 is 0 Å². The van der Waals surface area contributed by atoms with Gasteiger partial charge in [-0.2, -0.15) is 0 Å². The number of ether oxygens (including phenoxy) is 1. The van der Waals surface area contributed by atoms with Gasteiger partial charge < -0.3 is 15.4 Å². The Hall–Kier alpha value is -3.74. The molecule has 3 aromatic carbocycles. The van der Waals surface area contributed by atoms with Crippen molar-refractivity contribution < 1.29 is 23.1 Å². The fraction of sp³-hybridized carbons (Fsp3) is 0.167. The van der Waals surface area contributed by atoms with Crippen LogP contribution in [0.1, 0.15) is 29.5 Å². The van der Waals surface area contributed by atoms with E-state index in [4.69, 9.17) is 4.74 Å². The van der Waals surface area contributed by atoms with Crippen LogP contribution in [-0.4, -0.2) is 18.4 Å². The molecule has 7 heteroatoms. The van der Waals surface area contributed by atoms with Gasteiger partial charge in [-0.1, -0.05) is 48.5 Å². The van der Waals surface area contributed by atoms with Gasteiger partial charge in [0.25, 0.3) is 0 Å². The van der Waals surface area contributed by atoms with Gasteiger partial charge in [0.05, 0.1) is 12.0 Å². The van der Waals surface area contributed by atoms with Gasteiger partial charge in [-0.05, 0) is 35.4 Å². The van der Waals surface area contributed by atoms with E-state index in [-0.39, 0.29) is 30.4 Å². The number of rotatable bonds is 6. The topological polar surface area (TPSA) is 67.4 Å². The molecule has 0 radical (unpaired) electrons. The minimum atomic E-state index is -0.774. The second-order valence-corrected chi connectivity index (χ2v) is 7.25. The third kappa shape index (κ3) is 4.71. The van der Waals surface area contributed by atoms with Gasteiger partial charge in [0.1, 0.15) is 12.4 Å². The van der Waals surface area contributed by atoms with Gasteiger partial charge >= 0.3 is 0 Å². The second-order valence-electron chi connectivity index (χ2n) is 7.25. The molecule has 0 saturated carbocycles. The molecular formula is C24H20F2N2O3. The number of carbonyl (C=O) groups excluding carboxylic acids is 2. The van der Waals surface area contributed by atoms with Crippen LogP contribution in [0.4, 0.5) is 14.5 Å². The lowest BCUT2D eigenvalue weighted by Gasteiger charge is -2.27. The standard InChI is InChI=1S/C24H20F2N2O3/c25-16-10-11-17-18(13-23(29)27-20(17)12-16)24(30)28-21(15-6-2-1-3-7-15)14-31-22-9-5-4-8-19(22)26/h1-12,18,21H,13-14H2,(H,27,29)(H,28,30). The van der Waals surface area contributed by atoms with Crippen molar-refractivity contribution >= 4 is 17.5 Å². The molecule has 2 atom stereocenters. The van der Waals surface area contributed by atoms with Crippen LogP contribution in [0.2, 0.25) is 0 Å². The van der Waals surface area contributed by atoms with Gasteiger partial charge in [0.15, 0.2) is 11.6 Å². The number of anilines is 1. The lowest BCUT2D eigenvalue weighted by atomic mass is 9.89. The van der Waals surface area contributed by atoms with Crippen LogP contribution in [0.15, 0.2) is 72.8 Å². The lowest BCUT2D eigenvalue weighted by molar-refractivity contribution is -0.127. The number of hydrogen-bond acceptors (Lipinski definition) is 3. The fourth-order valence-electron chi connectivity index (χ4n) is 3.58. The Morgan fingerprint density at radius 3 is 2.58 bits per heavy atom. The highest BCUT2D eigenvalue weighted by Crippen LogP contribution is 2.33. The van der Waals surface area contributed by atoms with E-state index in [1.807, 2.05) is 30.3 Å². The first-order valence-electron chi connectivity index (χ1n) is 9.83. The summed E-state index contributed by atoms with van der Waals surface area (Å²) in [6, 6.07) is 18.5. The highest BCUT2D eigenvalue weighted by molar-refractivity contribution is 6.01.